The van der Waals surface area contributed by atoms with Crippen molar-refractivity contribution in [3.63, 3.8) is 0 Å². The van der Waals surface area contributed by atoms with Gasteiger partial charge in [0.2, 0.25) is 5.89 Å². The van der Waals surface area contributed by atoms with Crippen LogP contribution in [0.1, 0.15) is 21.4 Å². The molecule has 1 N–H and O–H groups in total. The highest BCUT2D eigenvalue weighted by molar-refractivity contribution is 7.18. The number of aryl methyl sites for hydroxylation is 1. The van der Waals surface area contributed by atoms with E-state index in [0.717, 1.165) is 21.5 Å². The van der Waals surface area contributed by atoms with Crippen LogP contribution in [0.3, 0.4) is 0 Å². The van der Waals surface area contributed by atoms with E-state index >= 15 is 0 Å². The summed E-state index contributed by atoms with van der Waals surface area (Å²) in [7, 11) is 0. The minimum Gasteiger partial charge on any atom is -0.484 e. The van der Waals surface area contributed by atoms with Gasteiger partial charge in [0, 0.05) is 6.07 Å². The standard InChI is InChI=1S/C13H10N2O4S/c1-7-14-9-4-8(2-3-11(9)20-7)18-6-12-15-10(5-19-12)13(16)17/h2-5H,6H2,1H3,(H,16,17). The molecule has 2 aromatic heterocycles. The quantitative estimate of drug-likeness (QED) is 0.795. The number of carbonyl (C=O) groups is 1. The first-order valence-electron chi connectivity index (χ1n) is 5.79. The molecule has 3 rings (SSSR count). The minimum absolute atomic E-state index is 0.0713. The highest BCUT2D eigenvalue weighted by Crippen LogP contribution is 2.25. The molecule has 1 aromatic carbocycles. The molecule has 0 aliphatic heterocycles. The molecule has 0 bridgehead atoms. The highest BCUT2D eigenvalue weighted by atomic mass is 32.1. The van der Waals surface area contributed by atoms with Gasteiger partial charge < -0.3 is 14.3 Å². The van der Waals surface area contributed by atoms with Crippen LogP contribution in [0.2, 0.25) is 0 Å². The lowest BCUT2D eigenvalue weighted by molar-refractivity contribution is 0.0690. The molecular weight excluding hydrogens is 280 g/mol. The summed E-state index contributed by atoms with van der Waals surface area (Å²) >= 11 is 1.62. The van der Waals surface area contributed by atoms with Crippen molar-refractivity contribution in [3.05, 3.63) is 41.1 Å². The molecule has 102 valence electrons. The van der Waals surface area contributed by atoms with Gasteiger partial charge in [-0.2, -0.15) is 0 Å². The molecule has 0 saturated carbocycles. The average Bonchev–Trinajstić information content (AvgIpc) is 3.00. The first kappa shape index (κ1) is 12.6. The summed E-state index contributed by atoms with van der Waals surface area (Å²) in [6.45, 7) is 2.02. The van der Waals surface area contributed by atoms with Crippen LogP contribution in [0.15, 0.2) is 28.9 Å². The molecule has 0 aliphatic carbocycles. The molecule has 0 atom stereocenters. The fourth-order valence-corrected chi connectivity index (χ4v) is 2.54. The van der Waals surface area contributed by atoms with Crippen molar-refractivity contribution in [2.45, 2.75) is 13.5 Å². The maximum atomic E-state index is 10.7. The predicted molar refractivity (Wildman–Crippen MR) is 72.2 cm³/mol. The van der Waals surface area contributed by atoms with E-state index in [-0.39, 0.29) is 18.2 Å². The SMILES string of the molecule is Cc1nc2cc(OCc3nc(C(=O)O)co3)ccc2s1. The van der Waals surface area contributed by atoms with Crippen molar-refractivity contribution >= 4 is 27.5 Å². The highest BCUT2D eigenvalue weighted by Gasteiger charge is 2.11. The molecule has 6 nitrogen and oxygen atoms in total. The summed E-state index contributed by atoms with van der Waals surface area (Å²) in [5, 5.41) is 9.73. The van der Waals surface area contributed by atoms with E-state index in [2.05, 4.69) is 9.97 Å². The number of hydrogen-bond donors (Lipinski definition) is 1. The molecular formula is C13H10N2O4S. The summed E-state index contributed by atoms with van der Waals surface area (Å²) in [6.07, 6.45) is 1.09. The Bertz CT molecular complexity index is 778. The zero-order valence-electron chi connectivity index (χ0n) is 10.5. The van der Waals surface area contributed by atoms with E-state index < -0.39 is 5.97 Å². The van der Waals surface area contributed by atoms with E-state index in [1.165, 1.54) is 0 Å². The van der Waals surface area contributed by atoms with Crippen LogP contribution in [0.25, 0.3) is 10.2 Å². The summed E-state index contributed by atoms with van der Waals surface area (Å²) in [6, 6.07) is 5.61. The normalized spacial score (nSPS) is 10.8. The van der Waals surface area contributed by atoms with Gasteiger partial charge in [-0.1, -0.05) is 0 Å². The number of fused-ring (bicyclic) bond motifs is 1. The third-order valence-corrected chi connectivity index (χ3v) is 3.55. The Hall–Kier alpha value is -2.41. The van der Waals surface area contributed by atoms with Crippen LogP contribution in [-0.2, 0) is 6.61 Å². The molecule has 7 heteroatoms. The number of aromatic nitrogens is 2. The van der Waals surface area contributed by atoms with Gasteiger partial charge in [-0.05, 0) is 19.1 Å². The van der Waals surface area contributed by atoms with Gasteiger partial charge in [-0.25, -0.2) is 14.8 Å². The van der Waals surface area contributed by atoms with E-state index in [9.17, 15) is 4.79 Å². The second-order valence-corrected chi connectivity index (χ2v) is 5.32. The lowest BCUT2D eigenvalue weighted by Crippen LogP contribution is -1.99. The summed E-state index contributed by atoms with van der Waals surface area (Å²) in [5.41, 5.74) is 0.748. The van der Waals surface area contributed by atoms with Gasteiger partial charge in [0.05, 0.1) is 15.2 Å². The Morgan fingerprint density at radius 2 is 2.30 bits per heavy atom. The lowest BCUT2D eigenvalue weighted by Gasteiger charge is -2.02. The van der Waals surface area contributed by atoms with Gasteiger partial charge in [0.1, 0.15) is 12.0 Å². The van der Waals surface area contributed by atoms with Crippen molar-refractivity contribution in [2.75, 3.05) is 0 Å². The fraction of sp³-hybridized carbons (Fsp3) is 0.154. The summed E-state index contributed by atoms with van der Waals surface area (Å²) < 4.78 is 11.6. The zero-order valence-corrected chi connectivity index (χ0v) is 11.3. The van der Waals surface area contributed by atoms with Crippen LogP contribution in [0.5, 0.6) is 5.75 Å². The third-order valence-electron chi connectivity index (χ3n) is 2.60. The predicted octanol–water partition coefficient (Wildman–Crippen LogP) is 2.87. The number of aromatic carboxylic acids is 1. The van der Waals surface area contributed by atoms with Crippen LogP contribution in [-0.4, -0.2) is 21.0 Å². The molecule has 20 heavy (non-hydrogen) atoms. The smallest absolute Gasteiger partial charge is 0.357 e. The number of thiazole rings is 1. The molecule has 0 unspecified atom stereocenters. The summed E-state index contributed by atoms with van der Waals surface area (Å²) in [4.78, 5) is 18.8. The Kier molecular flexibility index (Phi) is 3.11. The number of carboxylic acids is 1. The van der Waals surface area contributed by atoms with Gasteiger partial charge >= 0.3 is 5.97 Å². The second-order valence-electron chi connectivity index (χ2n) is 4.08. The lowest BCUT2D eigenvalue weighted by atomic mass is 10.3. The number of hydrogen-bond acceptors (Lipinski definition) is 6. The molecule has 0 aliphatic rings. The first-order valence-corrected chi connectivity index (χ1v) is 6.61. The van der Waals surface area contributed by atoms with E-state index in [4.69, 9.17) is 14.3 Å². The zero-order chi connectivity index (χ0) is 14.1. The average molecular weight is 290 g/mol. The van der Waals surface area contributed by atoms with Crippen molar-refractivity contribution in [3.8, 4) is 5.75 Å². The number of benzene rings is 1. The van der Waals surface area contributed by atoms with Crippen LogP contribution in [0.4, 0.5) is 0 Å². The minimum atomic E-state index is -1.13. The van der Waals surface area contributed by atoms with Crippen LogP contribution in [0, 0.1) is 6.92 Å². The van der Waals surface area contributed by atoms with Gasteiger partial charge in [-0.3, -0.25) is 0 Å². The number of ether oxygens (including phenoxy) is 1. The largest absolute Gasteiger partial charge is 0.484 e. The summed E-state index contributed by atoms with van der Waals surface area (Å²) in [5.74, 6) is -0.269. The number of carboxylic acid groups (broad SMARTS) is 1. The van der Waals surface area contributed by atoms with Gasteiger partial charge in [-0.15, -0.1) is 11.3 Å². The third kappa shape index (κ3) is 2.48. The first-order chi connectivity index (χ1) is 9.61. The number of nitrogens with zero attached hydrogens (tertiary/aromatic N) is 2. The van der Waals surface area contributed by atoms with Crippen LogP contribution >= 0.6 is 11.3 Å². The van der Waals surface area contributed by atoms with Crippen molar-refractivity contribution in [1.82, 2.24) is 9.97 Å². The Morgan fingerprint density at radius 3 is 3.05 bits per heavy atom. The van der Waals surface area contributed by atoms with Crippen molar-refractivity contribution in [2.24, 2.45) is 0 Å². The molecule has 0 fully saturated rings. The Balaban J connectivity index is 1.73. The second kappa shape index (κ2) is 4.93. The molecule has 2 heterocycles. The maximum Gasteiger partial charge on any atom is 0.357 e. The molecule has 3 aromatic rings. The molecule has 0 spiro atoms. The van der Waals surface area contributed by atoms with Gasteiger partial charge in [0.25, 0.3) is 0 Å². The molecule has 0 radical (unpaired) electrons. The fourth-order valence-electron chi connectivity index (χ4n) is 1.73. The topological polar surface area (TPSA) is 85.5 Å². The van der Waals surface area contributed by atoms with E-state index in [1.54, 1.807) is 11.3 Å². The van der Waals surface area contributed by atoms with Crippen molar-refractivity contribution < 1.29 is 19.1 Å². The van der Waals surface area contributed by atoms with E-state index in [1.807, 2.05) is 25.1 Å². The number of rotatable bonds is 4. The van der Waals surface area contributed by atoms with Gasteiger partial charge in [0.15, 0.2) is 12.3 Å². The Morgan fingerprint density at radius 1 is 1.45 bits per heavy atom. The Labute approximate surface area is 117 Å². The monoisotopic (exact) mass is 290 g/mol. The molecule has 0 saturated heterocycles. The maximum absolute atomic E-state index is 10.7. The van der Waals surface area contributed by atoms with Crippen molar-refractivity contribution in [1.29, 1.82) is 0 Å². The van der Waals surface area contributed by atoms with Crippen LogP contribution < -0.4 is 4.74 Å². The number of oxazole rings is 1. The van der Waals surface area contributed by atoms with E-state index in [0.29, 0.717) is 5.75 Å². The molecule has 0 amide bonds.